The zero-order valence-electron chi connectivity index (χ0n) is 6.44. The van der Waals surface area contributed by atoms with Gasteiger partial charge in [-0.25, -0.2) is 4.98 Å². The minimum Gasteiger partial charge on any atom is -0.394 e. The Hall–Kier alpha value is -0.940. The van der Waals surface area contributed by atoms with Crippen LogP contribution in [0.1, 0.15) is 18.8 Å². The summed E-state index contributed by atoms with van der Waals surface area (Å²) in [5.74, 6) is 0.610. The van der Waals surface area contributed by atoms with Gasteiger partial charge >= 0.3 is 0 Å². The molecular weight excluding hydrogens is 144 g/mol. The number of aliphatic hydroxyl groups is 1. The van der Waals surface area contributed by atoms with Gasteiger partial charge in [-0.15, -0.1) is 0 Å². The zero-order valence-corrected chi connectivity index (χ0v) is 6.44. The molecule has 1 aromatic heterocycles. The Labute approximate surface area is 64.9 Å². The Morgan fingerprint density at radius 2 is 2.55 bits per heavy atom. The smallest absolute Gasteiger partial charge is 0.166 e. The second kappa shape index (κ2) is 3.45. The second-order valence-corrected chi connectivity index (χ2v) is 2.38. The Morgan fingerprint density at radius 1 is 1.82 bits per heavy atom. The molecule has 11 heavy (non-hydrogen) atoms. The van der Waals surface area contributed by atoms with Crippen molar-refractivity contribution < 1.29 is 5.11 Å². The van der Waals surface area contributed by atoms with E-state index in [4.69, 9.17) is 10.8 Å². The van der Waals surface area contributed by atoms with E-state index in [0.29, 0.717) is 12.4 Å². The second-order valence-electron chi connectivity index (χ2n) is 2.38. The van der Waals surface area contributed by atoms with Crippen LogP contribution in [0.3, 0.4) is 0 Å². The Kier molecular flexibility index (Phi) is 2.56. The topological polar surface area (TPSA) is 77.0 Å². The lowest BCUT2D eigenvalue weighted by Crippen LogP contribution is -2.09. The first-order valence-electron chi connectivity index (χ1n) is 3.50. The fraction of sp³-hybridized carbons (Fsp3) is 0.667. The summed E-state index contributed by atoms with van der Waals surface area (Å²) in [5, 5.41) is 12.6. The maximum Gasteiger partial charge on any atom is 0.166 e. The van der Waals surface area contributed by atoms with Gasteiger partial charge in [0.1, 0.15) is 6.33 Å². The van der Waals surface area contributed by atoms with Gasteiger partial charge in [0.2, 0.25) is 0 Å². The summed E-state index contributed by atoms with van der Waals surface area (Å²) in [6.07, 6.45) is 1.56. The first kappa shape index (κ1) is 8.16. The highest BCUT2D eigenvalue weighted by Crippen LogP contribution is 1.99. The molecule has 1 atom stereocenters. The molecule has 1 heterocycles. The van der Waals surface area contributed by atoms with E-state index < -0.39 is 0 Å². The Bertz CT molecular complexity index is 220. The van der Waals surface area contributed by atoms with Gasteiger partial charge in [0.25, 0.3) is 0 Å². The van der Waals surface area contributed by atoms with Gasteiger partial charge in [-0.3, -0.25) is 4.68 Å². The van der Waals surface area contributed by atoms with E-state index in [1.54, 1.807) is 11.0 Å². The molecule has 1 rings (SSSR count). The molecule has 62 valence electrons. The van der Waals surface area contributed by atoms with E-state index in [2.05, 4.69) is 10.1 Å². The van der Waals surface area contributed by atoms with E-state index in [0.717, 1.165) is 0 Å². The van der Waals surface area contributed by atoms with E-state index in [1.807, 2.05) is 6.92 Å². The lowest BCUT2D eigenvalue weighted by molar-refractivity contribution is 0.269. The molecule has 0 amide bonds. The third kappa shape index (κ3) is 1.99. The molecule has 1 unspecified atom stereocenters. The number of hydrogen-bond donors (Lipinski definition) is 2. The summed E-state index contributed by atoms with van der Waals surface area (Å²) < 4.78 is 1.57. The normalized spacial score (nSPS) is 13.4. The third-order valence-electron chi connectivity index (χ3n) is 1.29. The van der Waals surface area contributed by atoms with Crippen molar-refractivity contribution >= 4 is 0 Å². The quantitative estimate of drug-likeness (QED) is 0.606. The molecule has 0 saturated heterocycles. The lowest BCUT2D eigenvalue weighted by Gasteiger charge is -1.96. The summed E-state index contributed by atoms with van der Waals surface area (Å²) in [4.78, 5) is 3.95. The highest BCUT2D eigenvalue weighted by atomic mass is 16.3. The number of nitrogens with two attached hydrogens (primary N) is 1. The van der Waals surface area contributed by atoms with Gasteiger partial charge in [0.15, 0.2) is 5.82 Å². The molecular formula is C6H12N4O. The molecule has 0 aromatic carbocycles. The minimum absolute atomic E-state index is 0.0712. The van der Waals surface area contributed by atoms with E-state index in [-0.39, 0.29) is 12.6 Å². The summed E-state index contributed by atoms with van der Waals surface area (Å²) in [6.45, 7) is 2.36. The van der Waals surface area contributed by atoms with Crippen molar-refractivity contribution in [1.29, 1.82) is 0 Å². The Balaban J connectivity index is 2.66. The zero-order chi connectivity index (χ0) is 8.27. The average Bonchev–Trinajstić information content (AvgIpc) is 2.37. The predicted octanol–water partition coefficient (Wildman–Crippen LogP) is -0.710. The molecule has 0 radical (unpaired) electrons. The summed E-state index contributed by atoms with van der Waals surface area (Å²) in [5.41, 5.74) is 5.52. The van der Waals surface area contributed by atoms with Crippen LogP contribution in [-0.2, 0) is 6.54 Å². The van der Waals surface area contributed by atoms with E-state index in [9.17, 15) is 0 Å². The van der Waals surface area contributed by atoms with Crippen LogP contribution in [-0.4, -0.2) is 26.5 Å². The van der Waals surface area contributed by atoms with Crippen molar-refractivity contribution in [2.45, 2.75) is 19.5 Å². The maximum atomic E-state index is 8.55. The molecule has 0 fully saturated rings. The number of aliphatic hydroxyl groups excluding tert-OH is 1. The fourth-order valence-electron chi connectivity index (χ4n) is 0.728. The largest absolute Gasteiger partial charge is 0.394 e. The fourth-order valence-corrected chi connectivity index (χ4v) is 0.728. The number of rotatable bonds is 3. The number of hydrogen-bond acceptors (Lipinski definition) is 4. The van der Waals surface area contributed by atoms with Crippen LogP contribution in [0, 0.1) is 0 Å². The molecule has 5 heteroatoms. The van der Waals surface area contributed by atoms with E-state index >= 15 is 0 Å². The monoisotopic (exact) mass is 156 g/mol. The highest BCUT2D eigenvalue weighted by Gasteiger charge is 2.03. The molecule has 0 aliphatic rings. The van der Waals surface area contributed by atoms with Crippen LogP contribution in [0.5, 0.6) is 0 Å². The van der Waals surface area contributed by atoms with Crippen LogP contribution >= 0.6 is 0 Å². The Morgan fingerprint density at radius 3 is 3.00 bits per heavy atom. The third-order valence-corrected chi connectivity index (χ3v) is 1.29. The van der Waals surface area contributed by atoms with Gasteiger partial charge in [-0.1, -0.05) is 0 Å². The van der Waals surface area contributed by atoms with Gasteiger partial charge in [0, 0.05) is 0 Å². The van der Waals surface area contributed by atoms with Crippen molar-refractivity contribution in [3.05, 3.63) is 12.2 Å². The van der Waals surface area contributed by atoms with Crippen LogP contribution in [0.25, 0.3) is 0 Å². The maximum absolute atomic E-state index is 8.55. The van der Waals surface area contributed by atoms with Crippen molar-refractivity contribution in [1.82, 2.24) is 14.8 Å². The molecule has 0 aliphatic carbocycles. The van der Waals surface area contributed by atoms with Crippen LogP contribution in [0.4, 0.5) is 0 Å². The van der Waals surface area contributed by atoms with Crippen molar-refractivity contribution in [2.24, 2.45) is 5.73 Å². The number of nitrogens with zero attached hydrogens (tertiary/aromatic N) is 3. The van der Waals surface area contributed by atoms with Crippen molar-refractivity contribution in [2.75, 3.05) is 6.61 Å². The summed E-state index contributed by atoms with van der Waals surface area (Å²) >= 11 is 0. The SMILES string of the molecule is CC(N)c1ncn(CCO)n1. The molecule has 5 nitrogen and oxygen atoms in total. The molecule has 0 aliphatic heterocycles. The minimum atomic E-state index is -0.144. The molecule has 0 bridgehead atoms. The van der Waals surface area contributed by atoms with Gasteiger partial charge < -0.3 is 10.8 Å². The van der Waals surface area contributed by atoms with Crippen LogP contribution < -0.4 is 5.73 Å². The van der Waals surface area contributed by atoms with Gasteiger partial charge in [-0.2, -0.15) is 5.10 Å². The molecule has 1 aromatic rings. The standard InChI is InChI=1S/C6H12N4O/c1-5(7)6-8-4-10(9-6)2-3-11/h4-5,11H,2-3,7H2,1H3. The first-order valence-corrected chi connectivity index (χ1v) is 3.50. The van der Waals surface area contributed by atoms with Gasteiger partial charge in [-0.05, 0) is 6.92 Å². The molecule has 0 spiro atoms. The van der Waals surface area contributed by atoms with E-state index in [1.165, 1.54) is 0 Å². The van der Waals surface area contributed by atoms with Crippen LogP contribution in [0.15, 0.2) is 6.33 Å². The lowest BCUT2D eigenvalue weighted by atomic mass is 10.4. The van der Waals surface area contributed by atoms with Crippen molar-refractivity contribution in [3.8, 4) is 0 Å². The summed E-state index contributed by atoms with van der Waals surface area (Å²) in [7, 11) is 0. The van der Waals surface area contributed by atoms with Crippen LogP contribution in [0.2, 0.25) is 0 Å². The molecule has 0 saturated carbocycles. The van der Waals surface area contributed by atoms with Gasteiger partial charge in [0.05, 0.1) is 19.2 Å². The average molecular weight is 156 g/mol. The number of aromatic nitrogens is 3. The summed E-state index contributed by atoms with van der Waals surface area (Å²) in [6, 6.07) is -0.144. The molecule has 3 N–H and O–H groups in total. The van der Waals surface area contributed by atoms with Crippen molar-refractivity contribution in [3.63, 3.8) is 0 Å². The predicted molar refractivity (Wildman–Crippen MR) is 39.7 cm³/mol. The highest BCUT2D eigenvalue weighted by molar-refractivity contribution is 4.87. The first-order chi connectivity index (χ1) is 5.24.